The fourth-order valence-corrected chi connectivity index (χ4v) is 2.88. The van der Waals surface area contributed by atoms with Gasteiger partial charge in [0.05, 0.1) is 16.2 Å². The molecule has 0 N–H and O–H groups in total. The summed E-state index contributed by atoms with van der Waals surface area (Å²) < 4.78 is 29.8. The molecule has 1 aromatic carbocycles. The number of carbonyl (C=O) groups is 1. The fourth-order valence-electron chi connectivity index (χ4n) is 1.64. The van der Waals surface area contributed by atoms with E-state index in [9.17, 15) is 23.1 Å². The number of carboxylic acids is 1. The van der Waals surface area contributed by atoms with Crippen LogP contribution in [-0.4, -0.2) is 24.7 Å². The van der Waals surface area contributed by atoms with Gasteiger partial charge in [-0.15, -0.1) is 0 Å². The monoisotopic (exact) mass is 284 g/mol. The van der Waals surface area contributed by atoms with Crippen molar-refractivity contribution in [2.75, 3.05) is 5.75 Å². The number of hydrogen-bond donors (Lipinski definition) is 0. The van der Waals surface area contributed by atoms with Crippen molar-refractivity contribution in [3.05, 3.63) is 28.7 Å². The Morgan fingerprint density at radius 2 is 2.11 bits per heavy atom. The lowest BCUT2D eigenvalue weighted by Crippen LogP contribution is -2.25. The van der Waals surface area contributed by atoms with Crippen molar-refractivity contribution < 1.29 is 22.7 Å². The summed E-state index contributed by atoms with van der Waals surface area (Å²) in [5.74, 6) is -2.59. The molecule has 8 heteroatoms. The van der Waals surface area contributed by atoms with Crippen molar-refractivity contribution >= 4 is 26.9 Å². The van der Waals surface area contributed by atoms with E-state index >= 15 is 0 Å². The van der Waals surface area contributed by atoms with Crippen molar-refractivity contribution in [2.24, 2.45) is 7.05 Å². The van der Waals surface area contributed by atoms with Gasteiger partial charge in [-0.2, -0.15) is 0 Å². The maximum atomic E-state index is 11.9. The molecule has 0 spiro atoms. The Kier molecular flexibility index (Phi) is 3.19. The molecule has 0 atom stereocenters. The molecule has 2 rings (SSSR count). The number of fused-ring (bicyclic) bond motifs is 1. The number of aliphatic carboxylic acids is 1. The molecule has 1 aromatic heterocycles. The van der Waals surface area contributed by atoms with Gasteiger partial charge in [-0.05, 0) is 12.1 Å². The molecule has 102 valence electrons. The minimum Gasteiger partial charge on any atom is -0.550 e. The summed E-state index contributed by atoms with van der Waals surface area (Å²) >= 11 is 0. The summed E-state index contributed by atoms with van der Waals surface area (Å²) in [5.41, 5.74) is 0.603. The number of hydrogen-bond acceptors (Lipinski definition) is 6. The van der Waals surface area contributed by atoms with Crippen LogP contribution in [0.5, 0.6) is 0 Å². The topological polar surface area (TPSA) is 109 Å². The van der Waals surface area contributed by atoms with E-state index in [0.29, 0.717) is 5.52 Å². The molecule has 0 saturated heterocycles. The van der Waals surface area contributed by atoms with Crippen LogP contribution in [0.4, 0.5) is 0 Å². The van der Waals surface area contributed by atoms with Crippen molar-refractivity contribution in [2.45, 2.75) is 11.3 Å². The van der Waals surface area contributed by atoms with E-state index in [-0.39, 0.29) is 10.5 Å². The van der Waals surface area contributed by atoms with E-state index in [2.05, 4.69) is 0 Å². The third-order valence-electron chi connectivity index (χ3n) is 2.70. The van der Waals surface area contributed by atoms with Gasteiger partial charge >= 0.3 is 5.76 Å². The lowest BCUT2D eigenvalue weighted by atomic mass is 10.3. The molecule has 0 unspecified atom stereocenters. The second-order valence-electron chi connectivity index (χ2n) is 4.00. The predicted octanol–water partition coefficient (Wildman–Crippen LogP) is -0.955. The van der Waals surface area contributed by atoms with Crippen LogP contribution in [0.3, 0.4) is 0 Å². The minimum absolute atomic E-state index is 0.0874. The van der Waals surface area contributed by atoms with Gasteiger partial charge in [0.15, 0.2) is 15.4 Å². The minimum atomic E-state index is -3.74. The molecule has 0 amide bonds. The standard InChI is InChI=1S/C11H11NO6S/c1-12-8-3-2-7(6-9(8)18-11(12)15)19(16,17)5-4-10(13)14/h2-3,6H,4-5H2,1H3,(H,13,14)/p-1. The lowest BCUT2D eigenvalue weighted by Gasteiger charge is -2.05. The van der Waals surface area contributed by atoms with Crippen LogP contribution in [0.2, 0.25) is 0 Å². The van der Waals surface area contributed by atoms with Crippen LogP contribution in [-0.2, 0) is 21.7 Å². The molecular weight excluding hydrogens is 274 g/mol. The van der Waals surface area contributed by atoms with Crippen LogP contribution in [0.15, 0.2) is 32.3 Å². The number of aryl methyl sites for hydroxylation is 1. The smallest absolute Gasteiger partial charge is 0.419 e. The number of aromatic nitrogens is 1. The predicted molar refractivity (Wildman–Crippen MR) is 63.1 cm³/mol. The van der Waals surface area contributed by atoms with Crippen molar-refractivity contribution in [1.82, 2.24) is 4.57 Å². The number of rotatable bonds is 4. The highest BCUT2D eigenvalue weighted by molar-refractivity contribution is 7.91. The summed E-state index contributed by atoms with van der Waals surface area (Å²) in [6.45, 7) is 0. The Hall–Kier alpha value is -2.09. The molecule has 0 fully saturated rings. The maximum absolute atomic E-state index is 11.9. The SMILES string of the molecule is Cn1c(=O)oc2cc(S(=O)(=O)CCC(=O)[O-])ccc21. The number of carboxylic acid groups (broad SMARTS) is 1. The molecule has 1 heterocycles. The second kappa shape index (κ2) is 4.54. The maximum Gasteiger partial charge on any atom is 0.419 e. The number of benzene rings is 1. The van der Waals surface area contributed by atoms with Gasteiger partial charge in [0.25, 0.3) is 0 Å². The fraction of sp³-hybridized carbons (Fsp3) is 0.273. The van der Waals surface area contributed by atoms with Gasteiger partial charge in [0, 0.05) is 25.5 Å². The van der Waals surface area contributed by atoms with Gasteiger partial charge in [0.2, 0.25) is 0 Å². The third-order valence-corrected chi connectivity index (χ3v) is 4.41. The van der Waals surface area contributed by atoms with E-state index in [0.717, 1.165) is 0 Å². The first-order valence-corrected chi connectivity index (χ1v) is 6.99. The van der Waals surface area contributed by atoms with Crippen molar-refractivity contribution in [1.29, 1.82) is 0 Å². The van der Waals surface area contributed by atoms with Gasteiger partial charge in [-0.25, -0.2) is 13.2 Å². The first-order chi connectivity index (χ1) is 8.81. The van der Waals surface area contributed by atoms with Crippen molar-refractivity contribution in [3.63, 3.8) is 0 Å². The number of oxazole rings is 1. The molecule has 0 aliphatic heterocycles. The van der Waals surface area contributed by atoms with Gasteiger partial charge in [0.1, 0.15) is 0 Å². The van der Waals surface area contributed by atoms with E-state index in [1.807, 2.05) is 0 Å². The quantitative estimate of drug-likeness (QED) is 0.715. The van der Waals surface area contributed by atoms with Crippen LogP contribution >= 0.6 is 0 Å². The summed E-state index contributed by atoms with van der Waals surface area (Å²) in [4.78, 5) is 21.5. The average Bonchev–Trinajstić information content (AvgIpc) is 2.62. The number of sulfone groups is 1. The highest BCUT2D eigenvalue weighted by Crippen LogP contribution is 2.19. The number of carbonyl (C=O) groups excluding carboxylic acids is 1. The second-order valence-corrected chi connectivity index (χ2v) is 6.11. The molecule has 2 aromatic rings. The zero-order chi connectivity index (χ0) is 14.2. The van der Waals surface area contributed by atoms with Gasteiger partial charge in [-0.3, -0.25) is 4.57 Å². The van der Waals surface area contributed by atoms with Gasteiger partial charge < -0.3 is 14.3 Å². The zero-order valence-corrected chi connectivity index (χ0v) is 10.8. The highest BCUT2D eigenvalue weighted by atomic mass is 32.2. The summed E-state index contributed by atoms with van der Waals surface area (Å²) in [6.07, 6.45) is -0.584. The van der Waals surface area contributed by atoms with Crippen LogP contribution < -0.4 is 10.9 Å². The summed E-state index contributed by atoms with van der Waals surface area (Å²) in [6, 6.07) is 3.95. The zero-order valence-electron chi connectivity index (χ0n) is 9.95. The molecular formula is C11H10NO6S-. The average molecular weight is 284 g/mol. The Morgan fingerprint density at radius 3 is 2.74 bits per heavy atom. The van der Waals surface area contributed by atoms with Crippen LogP contribution in [0, 0.1) is 0 Å². The summed E-state index contributed by atoms with van der Waals surface area (Å²) in [7, 11) is -2.24. The third kappa shape index (κ3) is 2.53. The molecule has 0 bridgehead atoms. The normalized spacial score (nSPS) is 11.8. The van der Waals surface area contributed by atoms with Crippen LogP contribution in [0.1, 0.15) is 6.42 Å². The van der Waals surface area contributed by atoms with Crippen LogP contribution in [0.25, 0.3) is 11.1 Å². The van der Waals surface area contributed by atoms with E-state index < -0.39 is 33.7 Å². The molecule has 0 aliphatic carbocycles. The molecule has 19 heavy (non-hydrogen) atoms. The first kappa shape index (κ1) is 13.3. The van der Waals surface area contributed by atoms with E-state index in [1.165, 1.54) is 29.8 Å². The Balaban J connectivity index is 2.46. The highest BCUT2D eigenvalue weighted by Gasteiger charge is 2.16. The molecule has 0 aliphatic rings. The molecule has 0 saturated carbocycles. The molecule has 7 nitrogen and oxygen atoms in total. The van der Waals surface area contributed by atoms with Crippen molar-refractivity contribution in [3.8, 4) is 0 Å². The van der Waals surface area contributed by atoms with E-state index in [1.54, 1.807) is 0 Å². The number of nitrogens with zero attached hydrogens (tertiary/aromatic N) is 1. The molecule has 0 radical (unpaired) electrons. The Morgan fingerprint density at radius 1 is 1.42 bits per heavy atom. The van der Waals surface area contributed by atoms with Gasteiger partial charge in [-0.1, -0.05) is 0 Å². The van der Waals surface area contributed by atoms with E-state index in [4.69, 9.17) is 4.42 Å². The lowest BCUT2D eigenvalue weighted by molar-refractivity contribution is -0.305. The first-order valence-electron chi connectivity index (χ1n) is 5.33. The largest absolute Gasteiger partial charge is 0.550 e. The summed E-state index contributed by atoms with van der Waals surface area (Å²) in [5, 5.41) is 10.3. The Labute approximate surface area is 108 Å². The Bertz CT molecular complexity index is 798.